The summed E-state index contributed by atoms with van der Waals surface area (Å²) in [7, 11) is 1.72. The molecule has 38 heavy (non-hydrogen) atoms. The maximum atomic E-state index is 13.7. The minimum absolute atomic E-state index is 0.0810. The van der Waals surface area contributed by atoms with Gasteiger partial charge in [-0.3, -0.25) is 4.90 Å². The van der Waals surface area contributed by atoms with Crippen molar-refractivity contribution in [2.24, 2.45) is 24.8 Å². The summed E-state index contributed by atoms with van der Waals surface area (Å²) in [5.74, 6) is 0.573. The Morgan fingerprint density at radius 3 is 2.47 bits per heavy atom. The molecule has 2 fully saturated rings. The van der Waals surface area contributed by atoms with Crippen LogP contribution in [0.4, 0.5) is 17.6 Å². The second-order valence-electron chi connectivity index (χ2n) is 9.82. The van der Waals surface area contributed by atoms with Crippen molar-refractivity contribution in [2.75, 3.05) is 19.6 Å². The minimum Gasteiger partial charge on any atom is -0.476 e. The van der Waals surface area contributed by atoms with E-state index in [1.807, 2.05) is 12.1 Å². The SMILES string of the molecule is Cc1ccc(CN2CC3C(CNCc4cccc(OC(F)(F)F)c4)C3C2)cc1F.Cn1cnc(C(=O)O)c1. The Balaban J connectivity index is 0.000000317. The number of nitrogens with zero attached hydrogens (tertiary/aromatic N) is 3. The molecule has 1 saturated carbocycles. The summed E-state index contributed by atoms with van der Waals surface area (Å²) in [5.41, 5.74) is 2.52. The number of aryl methyl sites for hydroxylation is 2. The highest BCUT2D eigenvalue weighted by atomic mass is 19.4. The predicted molar refractivity (Wildman–Crippen MR) is 132 cm³/mol. The van der Waals surface area contributed by atoms with Crippen molar-refractivity contribution in [1.29, 1.82) is 0 Å². The number of fused-ring (bicyclic) bond motifs is 1. The molecule has 0 spiro atoms. The number of carboxylic acids is 1. The molecule has 1 saturated heterocycles. The third kappa shape index (κ3) is 7.55. The Labute approximate surface area is 218 Å². The second kappa shape index (κ2) is 11.5. The first-order valence-corrected chi connectivity index (χ1v) is 12.2. The first-order valence-electron chi connectivity index (χ1n) is 12.2. The highest BCUT2D eigenvalue weighted by molar-refractivity contribution is 5.84. The number of hydrogen-bond acceptors (Lipinski definition) is 5. The molecule has 1 aliphatic carbocycles. The summed E-state index contributed by atoms with van der Waals surface area (Å²) in [5, 5.41) is 11.7. The molecular weight excluding hydrogens is 504 g/mol. The number of halogens is 4. The van der Waals surface area contributed by atoms with Crippen molar-refractivity contribution in [3.05, 3.63) is 83.2 Å². The smallest absolute Gasteiger partial charge is 0.476 e. The van der Waals surface area contributed by atoms with Crippen LogP contribution in [0.1, 0.15) is 27.2 Å². The molecule has 0 bridgehead atoms. The van der Waals surface area contributed by atoms with Crippen LogP contribution in [0.2, 0.25) is 0 Å². The summed E-state index contributed by atoms with van der Waals surface area (Å²) in [4.78, 5) is 16.1. The molecule has 1 aliphatic heterocycles. The van der Waals surface area contributed by atoms with Gasteiger partial charge in [0.1, 0.15) is 11.6 Å². The lowest BCUT2D eigenvalue weighted by molar-refractivity contribution is -0.274. The molecule has 2 unspecified atom stereocenters. The van der Waals surface area contributed by atoms with Crippen molar-refractivity contribution in [1.82, 2.24) is 19.8 Å². The number of nitrogens with one attached hydrogen (secondary N) is 1. The van der Waals surface area contributed by atoms with Gasteiger partial charge in [-0.25, -0.2) is 14.2 Å². The van der Waals surface area contributed by atoms with Gasteiger partial charge in [0.25, 0.3) is 0 Å². The van der Waals surface area contributed by atoms with Crippen LogP contribution >= 0.6 is 0 Å². The largest absolute Gasteiger partial charge is 0.573 e. The van der Waals surface area contributed by atoms with E-state index < -0.39 is 12.3 Å². The standard InChI is InChI=1S/C22H24F4N2O.C5H6N2O2/c1-14-5-6-16(8-21(14)23)11-28-12-19-18(20(19)13-28)10-27-9-15-3-2-4-17(7-15)29-22(24,25)26;1-7-2-4(5(8)9)6-3-7/h2-8,18-20,27H,9-13H2,1H3;2-3H,1H3,(H,8,9). The van der Waals surface area contributed by atoms with Crippen molar-refractivity contribution in [2.45, 2.75) is 26.4 Å². The fourth-order valence-electron chi connectivity index (χ4n) is 4.92. The highest BCUT2D eigenvalue weighted by Crippen LogP contribution is 2.51. The van der Waals surface area contributed by atoms with E-state index in [0.29, 0.717) is 29.9 Å². The lowest BCUT2D eigenvalue weighted by atomic mass is 10.1. The predicted octanol–water partition coefficient (Wildman–Crippen LogP) is 4.62. The average Bonchev–Trinajstić information content (AvgIpc) is 3.14. The minimum atomic E-state index is -4.67. The lowest BCUT2D eigenvalue weighted by Crippen LogP contribution is -2.27. The van der Waals surface area contributed by atoms with Gasteiger partial charge in [-0.1, -0.05) is 24.3 Å². The van der Waals surface area contributed by atoms with E-state index in [0.717, 1.165) is 37.3 Å². The van der Waals surface area contributed by atoms with Crippen LogP contribution in [0.5, 0.6) is 5.75 Å². The molecule has 2 atom stereocenters. The molecule has 2 aromatic carbocycles. The van der Waals surface area contributed by atoms with Crippen LogP contribution in [-0.2, 0) is 20.1 Å². The van der Waals surface area contributed by atoms with Gasteiger partial charge in [-0.05, 0) is 66.1 Å². The zero-order valence-electron chi connectivity index (χ0n) is 21.1. The van der Waals surface area contributed by atoms with Crippen LogP contribution in [0, 0.1) is 30.5 Å². The Bertz CT molecular complexity index is 1250. The van der Waals surface area contributed by atoms with Gasteiger partial charge < -0.3 is 19.7 Å². The number of imidazole rings is 1. The van der Waals surface area contributed by atoms with Gasteiger partial charge in [0, 0.05) is 39.4 Å². The molecule has 0 amide bonds. The number of rotatable bonds is 8. The number of likely N-dealkylation sites (tertiary alicyclic amines) is 1. The van der Waals surface area contributed by atoms with E-state index in [1.165, 1.54) is 24.7 Å². The van der Waals surface area contributed by atoms with Gasteiger partial charge in [-0.2, -0.15) is 0 Å². The maximum Gasteiger partial charge on any atom is 0.573 e. The Morgan fingerprint density at radius 1 is 1.16 bits per heavy atom. The summed E-state index contributed by atoms with van der Waals surface area (Å²) in [6, 6.07) is 11.5. The Kier molecular flexibility index (Phi) is 8.37. The molecule has 204 valence electrons. The molecular formula is C27H30F4N4O3. The Morgan fingerprint density at radius 2 is 1.89 bits per heavy atom. The van der Waals surface area contributed by atoms with Gasteiger partial charge in [0.05, 0.1) is 6.33 Å². The number of carbonyl (C=O) groups is 1. The summed E-state index contributed by atoms with van der Waals surface area (Å²) in [6.07, 6.45) is -1.78. The van der Waals surface area contributed by atoms with E-state index in [-0.39, 0.29) is 17.3 Å². The number of hydrogen-bond donors (Lipinski definition) is 2. The number of piperidine rings is 1. The van der Waals surface area contributed by atoms with Crippen molar-refractivity contribution < 1.29 is 32.2 Å². The summed E-state index contributed by atoms with van der Waals surface area (Å²) in [6.45, 7) is 5.94. The van der Waals surface area contributed by atoms with Gasteiger partial charge in [0.15, 0.2) is 5.69 Å². The van der Waals surface area contributed by atoms with Crippen LogP contribution in [0.25, 0.3) is 0 Å². The van der Waals surface area contributed by atoms with Gasteiger partial charge in [-0.15, -0.1) is 13.2 Å². The third-order valence-electron chi connectivity index (χ3n) is 6.85. The van der Waals surface area contributed by atoms with Crippen molar-refractivity contribution >= 4 is 5.97 Å². The van der Waals surface area contributed by atoms with E-state index >= 15 is 0 Å². The number of aromatic nitrogens is 2. The molecule has 0 radical (unpaired) electrons. The normalized spacial score (nSPS) is 20.4. The molecule has 11 heteroatoms. The fraction of sp³-hybridized carbons (Fsp3) is 0.407. The maximum absolute atomic E-state index is 13.7. The van der Waals surface area contributed by atoms with Gasteiger partial charge in [0.2, 0.25) is 0 Å². The third-order valence-corrected chi connectivity index (χ3v) is 6.85. The van der Waals surface area contributed by atoms with Crippen LogP contribution in [-0.4, -0.2) is 51.5 Å². The van der Waals surface area contributed by atoms with E-state index in [9.17, 15) is 22.4 Å². The van der Waals surface area contributed by atoms with E-state index in [2.05, 4.69) is 19.9 Å². The summed E-state index contributed by atoms with van der Waals surface area (Å²) < 4.78 is 56.2. The van der Waals surface area contributed by atoms with Gasteiger partial charge >= 0.3 is 12.3 Å². The molecule has 5 rings (SSSR count). The van der Waals surface area contributed by atoms with Crippen molar-refractivity contribution in [3.63, 3.8) is 0 Å². The molecule has 1 aromatic heterocycles. The highest BCUT2D eigenvalue weighted by Gasteiger charge is 2.54. The lowest BCUT2D eigenvalue weighted by Gasteiger charge is -2.20. The van der Waals surface area contributed by atoms with Crippen LogP contribution < -0.4 is 10.1 Å². The van der Waals surface area contributed by atoms with E-state index in [1.54, 1.807) is 36.7 Å². The molecule has 7 nitrogen and oxygen atoms in total. The molecule has 3 aromatic rings. The average molecular weight is 535 g/mol. The first kappa shape index (κ1) is 27.6. The zero-order valence-corrected chi connectivity index (χ0v) is 21.1. The molecule has 2 aliphatic rings. The zero-order chi connectivity index (χ0) is 27.4. The Hall–Kier alpha value is -3.44. The molecule has 2 heterocycles. The monoisotopic (exact) mass is 534 g/mol. The quantitative estimate of drug-likeness (QED) is 0.411. The number of carboxylic acid groups (broad SMARTS) is 1. The molecule has 2 N–H and O–H groups in total. The van der Waals surface area contributed by atoms with Crippen LogP contribution in [0.3, 0.4) is 0 Å². The number of alkyl halides is 3. The summed E-state index contributed by atoms with van der Waals surface area (Å²) >= 11 is 0. The number of ether oxygens (including phenoxy) is 1. The van der Waals surface area contributed by atoms with E-state index in [4.69, 9.17) is 5.11 Å². The second-order valence-corrected chi connectivity index (χ2v) is 9.82. The number of benzene rings is 2. The fourth-order valence-corrected chi connectivity index (χ4v) is 4.92. The number of aromatic carboxylic acids is 1. The van der Waals surface area contributed by atoms with Crippen molar-refractivity contribution in [3.8, 4) is 5.75 Å². The van der Waals surface area contributed by atoms with Crippen LogP contribution in [0.15, 0.2) is 55.0 Å². The topological polar surface area (TPSA) is 79.6 Å². The first-order chi connectivity index (χ1) is 18.0.